The molecule has 1 fully saturated rings. The third kappa shape index (κ3) is 3.40. The Morgan fingerprint density at radius 2 is 2.16 bits per heavy atom. The predicted octanol–water partition coefficient (Wildman–Crippen LogP) is 1.72. The van der Waals surface area contributed by atoms with Crippen LogP contribution in [0.3, 0.4) is 0 Å². The topological polar surface area (TPSA) is 89.3 Å². The summed E-state index contributed by atoms with van der Waals surface area (Å²) in [6.45, 7) is 0. The number of nitro benzene ring substituents is 1. The highest BCUT2D eigenvalue weighted by Crippen LogP contribution is 2.27. The molecule has 1 aliphatic rings. The number of anilines is 1. The summed E-state index contributed by atoms with van der Waals surface area (Å²) in [6, 6.07) is 2.81. The number of halogens is 1. The zero-order chi connectivity index (χ0) is 14.0. The van der Waals surface area contributed by atoms with E-state index < -0.39 is 20.6 Å². The number of sulfone groups is 1. The number of benzene rings is 1. The average Bonchev–Trinajstić information content (AvgIpc) is 2.30. The lowest BCUT2D eigenvalue weighted by molar-refractivity contribution is -0.384. The van der Waals surface area contributed by atoms with Gasteiger partial charge >= 0.3 is 0 Å². The lowest BCUT2D eigenvalue weighted by atomic mass is 10.1. The van der Waals surface area contributed by atoms with Crippen molar-refractivity contribution >= 4 is 21.2 Å². The average molecular weight is 288 g/mol. The summed E-state index contributed by atoms with van der Waals surface area (Å²) >= 11 is 0. The van der Waals surface area contributed by atoms with E-state index in [0.29, 0.717) is 12.8 Å². The first kappa shape index (κ1) is 13.7. The normalized spacial score (nSPS) is 21.8. The molecule has 1 atom stereocenters. The Morgan fingerprint density at radius 1 is 1.42 bits per heavy atom. The number of nitrogens with one attached hydrogen (secondary N) is 1. The number of rotatable bonds is 3. The van der Waals surface area contributed by atoms with Crippen LogP contribution in [0, 0.1) is 15.9 Å². The van der Waals surface area contributed by atoms with Gasteiger partial charge in [-0.25, -0.2) is 12.8 Å². The van der Waals surface area contributed by atoms with Crippen molar-refractivity contribution in [1.82, 2.24) is 0 Å². The maximum absolute atomic E-state index is 13.0. The fourth-order valence-electron chi connectivity index (χ4n) is 2.13. The van der Waals surface area contributed by atoms with Gasteiger partial charge in [0.1, 0.15) is 11.5 Å². The Morgan fingerprint density at radius 3 is 2.79 bits per heavy atom. The van der Waals surface area contributed by atoms with E-state index in [-0.39, 0.29) is 28.9 Å². The molecule has 2 rings (SSSR count). The molecule has 0 saturated carbocycles. The van der Waals surface area contributed by atoms with Crippen molar-refractivity contribution < 1.29 is 17.7 Å². The smallest absolute Gasteiger partial charge is 0.295 e. The summed E-state index contributed by atoms with van der Waals surface area (Å²) < 4.78 is 36.0. The van der Waals surface area contributed by atoms with Crippen molar-refractivity contribution in [2.24, 2.45) is 0 Å². The quantitative estimate of drug-likeness (QED) is 0.675. The highest BCUT2D eigenvalue weighted by Gasteiger charge is 2.26. The molecule has 1 aliphatic heterocycles. The number of nitrogens with zero attached hydrogens (tertiary/aromatic N) is 1. The lowest BCUT2D eigenvalue weighted by Crippen LogP contribution is -2.34. The molecule has 1 heterocycles. The van der Waals surface area contributed by atoms with E-state index in [2.05, 4.69) is 5.32 Å². The Bertz CT molecular complexity index is 603. The lowest BCUT2D eigenvalue weighted by Gasteiger charge is -2.23. The molecule has 1 unspecified atom stereocenters. The standard InChI is InChI=1S/C11H13FN2O4S/c12-8-3-4-10(11(6-8)14(15)16)13-9-2-1-5-19(17,18)7-9/h3-4,6,9,13H,1-2,5,7H2. The minimum absolute atomic E-state index is 0.0540. The van der Waals surface area contributed by atoms with Gasteiger partial charge in [0.15, 0.2) is 9.84 Å². The molecule has 1 aromatic rings. The predicted molar refractivity (Wildman–Crippen MR) is 68.4 cm³/mol. The van der Waals surface area contributed by atoms with Crippen LogP contribution in [0.15, 0.2) is 18.2 Å². The first-order valence-electron chi connectivity index (χ1n) is 5.78. The summed E-state index contributed by atoms with van der Waals surface area (Å²) in [4.78, 5) is 10.1. The van der Waals surface area contributed by atoms with Gasteiger partial charge in [-0.15, -0.1) is 0 Å². The second kappa shape index (κ2) is 5.12. The SMILES string of the molecule is O=[N+]([O-])c1cc(F)ccc1NC1CCCS(=O)(=O)C1. The molecule has 6 nitrogen and oxygen atoms in total. The van der Waals surface area contributed by atoms with Gasteiger partial charge in [0.25, 0.3) is 5.69 Å². The molecule has 1 saturated heterocycles. The Hall–Kier alpha value is -1.70. The molecule has 8 heteroatoms. The minimum Gasteiger partial charge on any atom is -0.376 e. The monoisotopic (exact) mass is 288 g/mol. The van der Waals surface area contributed by atoms with Gasteiger partial charge in [0.2, 0.25) is 0 Å². The van der Waals surface area contributed by atoms with Crippen LogP contribution in [0.1, 0.15) is 12.8 Å². The fraction of sp³-hybridized carbons (Fsp3) is 0.455. The summed E-state index contributed by atoms with van der Waals surface area (Å²) in [7, 11) is -3.10. The van der Waals surface area contributed by atoms with Crippen LogP contribution in [0.2, 0.25) is 0 Å². The molecular weight excluding hydrogens is 275 g/mol. The van der Waals surface area contributed by atoms with E-state index >= 15 is 0 Å². The first-order valence-corrected chi connectivity index (χ1v) is 7.60. The van der Waals surface area contributed by atoms with Crippen molar-refractivity contribution in [3.63, 3.8) is 0 Å². The second-order valence-electron chi connectivity index (χ2n) is 4.52. The molecule has 0 spiro atoms. The first-order chi connectivity index (χ1) is 8.87. The largest absolute Gasteiger partial charge is 0.376 e. The molecule has 104 valence electrons. The third-order valence-electron chi connectivity index (χ3n) is 2.98. The highest BCUT2D eigenvalue weighted by atomic mass is 32.2. The molecule has 0 aromatic heterocycles. The van der Waals surface area contributed by atoms with Crippen molar-refractivity contribution in [3.8, 4) is 0 Å². The van der Waals surface area contributed by atoms with Gasteiger partial charge in [-0.05, 0) is 25.0 Å². The Labute approximate surface area is 109 Å². The van der Waals surface area contributed by atoms with Crippen molar-refractivity contribution in [3.05, 3.63) is 34.1 Å². The summed E-state index contributed by atoms with van der Waals surface area (Å²) in [5.41, 5.74) is -0.239. The minimum atomic E-state index is -3.10. The van der Waals surface area contributed by atoms with Gasteiger partial charge in [-0.1, -0.05) is 0 Å². The zero-order valence-electron chi connectivity index (χ0n) is 10.0. The molecule has 1 aromatic carbocycles. The fourth-order valence-corrected chi connectivity index (χ4v) is 3.77. The molecule has 1 N–H and O–H groups in total. The summed E-state index contributed by atoms with van der Waals surface area (Å²) in [5, 5.41) is 13.6. The van der Waals surface area contributed by atoms with E-state index in [0.717, 1.165) is 12.1 Å². The third-order valence-corrected chi connectivity index (χ3v) is 4.80. The molecule has 0 radical (unpaired) electrons. The number of hydrogen-bond acceptors (Lipinski definition) is 5. The van der Waals surface area contributed by atoms with Gasteiger partial charge < -0.3 is 5.32 Å². The van der Waals surface area contributed by atoms with Crippen LogP contribution in [0.25, 0.3) is 0 Å². The van der Waals surface area contributed by atoms with Gasteiger partial charge in [-0.2, -0.15) is 0 Å². The number of hydrogen-bond donors (Lipinski definition) is 1. The van der Waals surface area contributed by atoms with Crippen LogP contribution in [0.4, 0.5) is 15.8 Å². The summed E-state index contributed by atoms with van der Waals surface area (Å²) in [6.07, 6.45) is 1.14. The van der Waals surface area contributed by atoms with Crippen LogP contribution in [-0.4, -0.2) is 30.9 Å². The van der Waals surface area contributed by atoms with E-state index in [1.54, 1.807) is 0 Å². The Kier molecular flexibility index (Phi) is 3.70. The molecule has 0 amide bonds. The van der Waals surface area contributed by atoms with Crippen LogP contribution < -0.4 is 5.32 Å². The summed E-state index contributed by atoms with van der Waals surface area (Å²) in [5.74, 6) is -0.605. The van der Waals surface area contributed by atoms with Crippen LogP contribution >= 0.6 is 0 Å². The molecule has 19 heavy (non-hydrogen) atoms. The second-order valence-corrected chi connectivity index (χ2v) is 6.75. The van der Waals surface area contributed by atoms with E-state index in [1.165, 1.54) is 6.07 Å². The maximum atomic E-state index is 13.0. The molecule has 0 bridgehead atoms. The molecule has 0 aliphatic carbocycles. The van der Waals surface area contributed by atoms with Gasteiger partial charge in [0.05, 0.1) is 22.5 Å². The van der Waals surface area contributed by atoms with E-state index in [1.807, 2.05) is 0 Å². The zero-order valence-corrected chi connectivity index (χ0v) is 10.8. The van der Waals surface area contributed by atoms with E-state index in [9.17, 15) is 22.9 Å². The number of nitro groups is 1. The van der Waals surface area contributed by atoms with E-state index in [4.69, 9.17) is 0 Å². The van der Waals surface area contributed by atoms with Crippen molar-refractivity contribution in [2.45, 2.75) is 18.9 Å². The van der Waals surface area contributed by atoms with Gasteiger partial charge in [-0.3, -0.25) is 10.1 Å². The van der Waals surface area contributed by atoms with Crippen molar-refractivity contribution in [2.75, 3.05) is 16.8 Å². The maximum Gasteiger partial charge on any atom is 0.295 e. The Balaban J connectivity index is 2.21. The van der Waals surface area contributed by atoms with Crippen molar-refractivity contribution in [1.29, 1.82) is 0 Å². The van der Waals surface area contributed by atoms with Gasteiger partial charge in [0, 0.05) is 6.04 Å². The molecular formula is C11H13FN2O4S. The highest BCUT2D eigenvalue weighted by molar-refractivity contribution is 7.91. The van der Waals surface area contributed by atoms with Crippen LogP contribution in [-0.2, 0) is 9.84 Å². The van der Waals surface area contributed by atoms with Crippen LogP contribution in [0.5, 0.6) is 0 Å².